The fourth-order valence-electron chi connectivity index (χ4n) is 3.62. The lowest BCUT2D eigenvalue weighted by molar-refractivity contribution is -0.192. The number of nitrogens with zero attached hydrogens (tertiary/aromatic N) is 1. The molecule has 35 heavy (non-hydrogen) atoms. The summed E-state index contributed by atoms with van der Waals surface area (Å²) in [7, 11) is 1.64. The number of halogens is 4. The maximum atomic E-state index is 13.1. The number of para-hydroxylation sites is 1. The van der Waals surface area contributed by atoms with Crippen LogP contribution in [0.15, 0.2) is 53.0 Å². The Morgan fingerprint density at radius 2 is 1.94 bits per heavy atom. The van der Waals surface area contributed by atoms with Crippen LogP contribution in [0.25, 0.3) is 10.8 Å². The van der Waals surface area contributed by atoms with E-state index < -0.39 is 18.2 Å². The van der Waals surface area contributed by atoms with Crippen molar-refractivity contribution in [1.82, 2.24) is 0 Å². The maximum Gasteiger partial charge on any atom is 0.490 e. The lowest BCUT2D eigenvalue weighted by Gasteiger charge is -2.25. The molecule has 7 nitrogen and oxygen atoms in total. The summed E-state index contributed by atoms with van der Waals surface area (Å²) < 4.78 is 44.2. The number of aliphatic carboxylic acids is 1. The molecule has 3 N–H and O–H groups in total. The minimum absolute atomic E-state index is 0.160. The lowest BCUT2D eigenvalue weighted by Crippen LogP contribution is -2.45. The molecule has 3 aromatic carbocycles. The van der Waals surface area contributed by atoms with Crippen molar-refractivity contribution in [3.63, 3.8) is 0 Å². The Bertz CT molecular complexity index is 1270. The van der Waals surface area contributed by atoms with Gasteiger partial charge >= 0.3 is 12.1 Å². The number of carbonyl (C=O) groups excluding carboxylic acids is 1. The minimum Gasteiger partial charge on any atom is -0.496 e. The first kappa shape index (κ1) is 26.3. The molecule has 0 radical (unpaired) electrons. The largest absolute Gasteiger partial charge is 0.496 e. The number of methoxy groups -OCH3 is 1. The molecule has 0 saturated carbocycles. The number of amides is 1. The van der Waals surface area contributed by atoms with Crippen LogP contribution in [-0.4, -0.2) is 42.9 Å². The number of rotatable bonds is 3. The van der Waals surface area contributed by atoms with Gasteiger partial charge in [0, 0.05) is 10.0 Å². The molecular formula is C24H22BrF3N2O5. The van der Waals surface area contributed by atoms with Gasteiger partial charge in [0.25, 0.3) is 0 Å². The molecule has 11 heteroatoms. The molecule has 0 aromatic heterocycles. The van der Waals surface area contributed by atoms with Gasteiger partial charge in [0.05, 0.1) is 19.3 Å². The Morgan fingerprint density at radius 3 is 2.57 bits per heavy atom. The number of hydrogen-bond acceptors (Lipinski definition) is 5. The minimum atomic E-state index is -5.08. The van der Waals surface area contributed by atoms with Crippen LogP contribution in [0.4, 0.5) is 18.9 Å². The third-order valence-electron chi connectivity index (χ3n) is 5.30. The standard InChI is InChI=1S/C22H21BrN2O3.C2HF3O2/c1-13-4-3-5-19-21(13)28-12-18(24)22(26)25(19)11-17-16-8-7-15(23)10-14(16)6-9-20(17)27-2;3-2(4,5)1(6)7/h3-10,18H,11-12,24H2,1-2H3;(H,6,7)/t18-;/m0./s1. The first-order valence-electron chi connectivity index (χ1n) is 10.3. The Hall–Kier alpha value is -3.31. The van der Waals surface area contributed by atoms with Gasteiger partial charge in [0.15, 0.2) is 0 Å². The first-order valence-corrected chi connectivity index (χ1v) is 11.1. The zero-order chi connectivity index (χ0) is 25.9. The number of carboxylic acids is 1. The zero-order valence-electron chi connectivity index (χ0n) is 18.7. The number of carbonyl (C=O) groups is 2. The Balaban J connectivity index is 0.000000429. The van der Waals surface area contributed by atoms with Gasteiger partial charge in [-0.1, -0.05) is 40.2 Å². The monoisotopic (exact) mass is 554 g/mol. The van der Waals surface area contributed by atoms with E-state index >= 15 is 0 Å². The number of nitrogens with two attached hydrogens (primary N) is 1. The highest BCUT2D eigenvalue weighted by molar-refractivity contribution is 9.10. The Labute approximate surface area is 207 Å². The normalized spacial score (nSPS) is 15.5. The summed E-state index contributed by atoms with van der Waals surface area (Å²) in [6, 6.07) is 15.1. The van der Waals surface area contributed by atoms with E-state index in [9.17, 15) is 18.0 Å². The van der Waals surface area contributed by atoms with Crippen molar-refractivity contribution >= 4 is 44.3 Å². The van der Waals surface area contributed by atoms with Crippen LogP contribution >= 0.6 is 15.9 Å². The van der Waals surface area contributed by atoms with Crippen molar-refractivity contribution < 1.29 is 37.3 Å². The fraction of sp³-hybridized carbons (Fsp3) is 0.250. The molecule has 1 amide bonds. The van der Waals surface area contributed by atoms with Gasteiger partial charge in [0.2, 0.25) is 5.91 Å². The molecule has 1 atom stereocenters. The topological polar surface area (TPSA) is 102 Å². The molecule has 0 bridgehead atoms. The Morgan fingerprint density at radius 1 is 1.26 bits per heavy atom. The van der Waals surface area contributed by atoms with Gasteiger partial charge in [-0.3, -0.25) is 4.79 Å². The van der Waals surface area contributed by atoms with Crippen LogP contribution < -0.4 is 20.1 Å². The quantitative estimate of drug-likeness (QED) is 0.482. The SMILES string of the molecule is COc1ccc2cc(Br)ccc2c1CN1C(=O)[C@@H](N)COc2c(C)cccc21.O=C(O)C(F)(F)F. The number of fused-ring (bicyclic) bond motifs is 2. The lowest BCUT2D eigenvalue weighted by atomic mass is 10.0. The van der Waals surface area contributed by atoms with Crippen molar-refractivity contribution in [1.29, 1.82) is 0 Å². The molecule has 1 aliphatic heterocycles. The van der Waals surface area contributed by atoms with Crippen LogP contribution in [0.5, 0.6) is 11.5 Å². The second-order valence-corrected chi connectivity index (χ2v) is 8.60. The van der Waals surface area contributed by atoms with Crippen LogP contribution in [0.1, 0.15) is 11.1 Å². The first-order chi connectivity index (χ1) is 16.4. The van der Waals surface area contributed by atoms with Gasteiger partial charge < -0.3 is 25.2 Å². The van der Waals surface area contributed by atoms with Crippen molar-refractivity contribution in [2.75, 3.05) is 18.6 Å². The smallest absolute Gasteiger partial charge is 0.490 e. The molecular weight excluding hydrogens is 533 g/mol. The highest BCUT2D eigenvalue weighted by Gasteiger charge is 2.38. The average Bonchev–Trinajstić information content (AvgIpc) is 2.91. The van der Waals surface area contributed by atoms with E-state index in [0.717, 1.165) is 37.8 Å². The third kappa shape index (κ3) is 5.85. The molecule has 186 valence electrons. The van der Waals surface area contributed by atoms with Crippen LogP contribution in [0.3, 0.4) is 0 Å². The summed E-state index contributed by atoms with van der Waals surface area (Å²) in [6.45, 7) is 2.47. The molecule has 0 unspecified atom stereocenters. The molecule has 0 aliphatic carbocycles. The van der Waals surface area contributed by atoms with E-state index in [2.05, 4.69) is 22.0 Å². The van der Waals surface area contributed by atoms with Crippen molar-refractivity contribution in [3.8, 4) is 11.5 Å². The van der Waals surface area contributed by atoms with E-state index in [1.165, 1.54) is 0 Å². The third-order valence-corrected chi connectivity index (χ3v) is 5.79. The summed E-state index contributed by atoms with van der Waals surface area (Å²) in [5.74, 6) is -1.49. The number of hydrogen-bond donors (Lipinski definition) is 2. The second-order valence-electron chi connectivity index (χ2n) is 7.68. The highest BCUT2D eigenvalue weighted by Crippen LogP contribution is 2.38. The number of ether oxygens (including phenoxy) is 2. The van der Waals surface area contributed by atoms with Crippen LogP contribution in [-0.2, 0) is 16.1 Å². The van der Waals surface area contributed by atoms with E-state index in [0.29, 0.717) is 12.3 Å². The maximum absolute atomic E-state index is 13.1. The van der Waals surface area contributed by atoms with Crippen LogP contribution in [0, 0.1) is 6.92 Å². The number of carboxylic acid groups (broad SMARTS) is 1. The highest BCUT2D eigenvalue weighted by atomic mass is 79.9. The average molecular weight is 555 g/mol. The molecule has 4 rings (SSSR count). The summed E-state index contributed by atoms with van der Waals surface area (Å²) in [6.07, 6.45) is -5.08. The van der Waals surface area contributed by atoms with Gasteiger partial charge in [-0.2, -0.15) is 13.2 Å². The molecule has 0 spiro atoms. The zero-order valence-corrected chi connectivity index (χ0v) is 20.3. The van der Waals surface area contributed by atoms with Gasteiger partial charge in [0.1, 0.15) is 24.1 Å². The van der Waals surface area contributed by atoms with Crippen molar-refractivity contribution in [2.45, 2.75) is 25.7 Å². The van der Waals surface area contributed by atoms with Gasteiger partial charge in [-0.05, 0) is 47.5 Å². The molecule has 1 heterocycles. The number of benzene rings is 3. The number of alkyl halides is 3. The molecule has 0 saturated heterocycles. The predicted octanol–water partition coefficient (Wildman–Crippen LogP) is 4.81. The summed E-state index contributed by atoms with van der Waals surface area (Å²) in [5.41, 5.74) is 8.74. The molecule has 0 fully saturated rings. The van der Waals surface area contributed by atoms with E-state index in [1.54, 1.807) is 12.0 Å². The summed E-state index contributed by atoms with van der Waals surface area (Å²) in [4.78, 5) is 23.7. The summed E-state index contributed by atoms with van der Waals surface area (Å²) in [5, 5.41) is 9.22. The number of anilines is 1. The van der Waals surface area contributed by atoms with E-state index in [1.807, 2.05) is 49.4 Å². The summed E-state index contributed by atoms with van der Waals surface area (Å²) >= 11 is 3.52. The Kier molecular flexibility index (Phi) is 7.91. The van der Waals surface area contributed by atoms with Crippen LogP contribution in [0.2, 0.25) is 0 Å². The van der Waals surface area contributed by atoms with E-state index in [-0.39, 0.29) is 12.5 Å². The second kappa shape index (κ2) is 10.5. The predicted molar refractivity (Wildman–Crippen MR) is 128 cm³/mol. The van der Waals surface area contributed by atoms with Crippen molar-refractivity contribution in [2.24, 2.45) is 5.73 Å². The van der Waals surface area contributed by atoms with Crippen molar-refractivity contribution in [3.05, 3.63) is 64.1 Å². The van der Waals surface area contributed by atoms with Gasteiger partial charge in [-0.25, -0.2) is 4.79 Å². The molecule has 1 aliphatic rings. The number of aryl methyl sites for hydroxylation is 1. The molecule has 3 aromatic rings. The van der Waals surface area contributed by atoms with E-state index in [4.69, 9.17) is 25.1 Å². The fourth-order valence-corrected chi connectivity index (χ4v) is 4.00. The van der Waals surface area contributed by atoms with Gasteiger partial charge in [-0.15, -0.1) is 0 Å².